The van der Waals surface area contributed by atoms with Crippen molar-refractivity contribution >= 4 is 19.8 Å². The predicted molar refractivity (Wildman–Crippen MR) is 126 cm³/mol. The first kappa shape index (κ1) is 40.3. The topological polar surface area (TPSA) is 125 Å². The Hall–Kier alpha value is -1.15. The molecule has 0 bridgehead atoms. The molecule has 0 spiro atoms. The van der Waals surface area contributed by atoms with Gasteiger partial charge in [0.25, 0.3) is 6.29 Å². The number of esters is 2. The Morgan fingerprint density at radius 2 is 1.27 bits per heavy atom. The minimum atomic E-state index is -5.37. The molecule has 0 aromatic heterocycles. The number of terminal acetylenes is 1. The molecule has 188 valence electrons. The molecule has 37 heavy (non-hydrogen) atoms. The summed E-state index contributed by atoms with van der Waals surface area (Å²) in [6.45, 7) is 1.20. The number of carbonyl (C=O) groups excluding carboxylic acids is 2. The molecule has 0 N–H and O–H groups in total. The standard InChI is InChI=1S/C26H31O8P.2Na/c1-3-5-7-9-11-13-14-16-18-20-22-25(28)34-26(23-32-35(29,30)31)33-24(27)21-19-17-15-12-10-8-6-4-2;;/h2,26H,3,5,7,9,11,13-14,16,18,20,22-23H2,1H3,(H2,29,30,31);;/q;2*+1/p-2/t26-;;/m1../s1. The van der Waals surface area contributed by atoms with Gasteiger partial charge in [-0.2, -0.15) is 0 Å². The fraction of sp³-hybridized carbons (Fsp3) is 0.538. The van der Waals surface area contributed by atoms with E-state index in [4.69, 9.17) is 15.9 Å². The summed E-state index contributed by atoms with van der Waals surface area (Å²) in [5.41, 5.74) is 0. The maximum atomic E-state index is 12.0. The van der Waals surface area contributed by atoms with Crippen LogP contribution in [0.5, 0.6) is 0 Å². The molecule has 1 atom stereocenters. The van der Waals surface area contributed by atoms with Crippen molar-refractivity contribution in [2.45, 2.75) is 83.8 Å². The van der Waals surface area contributed by atoms with Crippen molar-refractivity contribution in [1.82, 2.24) is 0 Å². The van der Waals surface area contributed by atoms with E-state index in [1.54, 1.807) is 0 Å². The zero-order valence-corrected chi connectivity index (χ0v) is 26.7. The number of unbranched alkanes of at least 4 members (excludes halogenated alkanes) is 9. The minimum Gasteiger partial charge on any atom is -0.790 e. The molecule has 0 aromatic carbocycles. The van der Waals surface area contributed by atoms with Gasteiger partial charge in [-0.15, -0.1) is 6.42 Å². The second kappa shape index (κ2) is 27.9. The summed E-state index contributed by atoms with van der Waals surface area (Å²) in [5.74, 6) is 18.0. The minimum absolute atomic E-state index is 0. The maximum absolute atomic E-state index is 12.0. The summed E-state index contributed by atoms with van der Waals surface area (Å²) >= 11 is 0. The molecule has 0 fully saturated rings. The zero-order chi connectivity index (χ0) is 26.2. The van der Waals surface area contributed by atoms with Gasteiger partial charge in [0.1, 0.15) is 6.61 Å². The number of phosphoric acid groups is 1. The molecule has 0 aliphatic heterocycles. The van der Waals surface area contributed by atoms with Crippen LogP contribution in [0.4, 0.5) is 0 Å². The maximum Gasteiger partial charge on any atom is 1.00 e. The van der Waals surface area contributed by atoms with Crippen molar-refractivity contribution in [2.75, 3.05) is 6.61 Å². The molecule has 11 heteroatoms. The van der Waals surface area contributed by atoms with Crippen LogP contribution in [0.2, 0.25) is 0 Å². The van der Waals surface area contributed by atoms with Gasteiger partial charge in [0.2, 0.25) is 0 Å². The fourth-order valence-corrected chi connectivity index (χ4v) is 2.93. The molecule has 0 aromatic rings. The predicted octanol–water partition coefficient (Wildman–Crippen LogP) is -3.79. The second-order valence-corrected chi connectivity index (χ2v) is 8.30. The van der Waals surface area contributed by atoms with E-state index in [0.717, 1.165) is 25.7 Å². The number of hydrogen-bond acceptors (Lipinski definition) is 8. The monoisotopic (exact) mass is 546 g/mol. The largest absolute Gasteiger partial charge is 1.00 e. The van der Waals surface area contributed by atoms with Crippen LogP contribution in [-0.2, 0) is 28.2 Å². The second-order valence-electron chi connectivity index (χ2n) is 7.14. The van der Waals surface area contributed by atoms with Crippen molar-refractivity contribution in [1.29, 1.82) is 0 Å². The molecule has 0 amide bonds. The molecule has 0 rings (SSSR count). The van der Waals surface area contributed by atoms with Crippen LogP contribution < -0.4 is 68.9 Å². The van der Waals surface area contributed by atoms with Crippen LogP contribution in [0.1, 0.15) is 77.6 Å². The van der Waals surface area contributed by atoms with Crippen molar-refractivity contribution in [3.63, 3.8) is 0 Å². The first-order valence-corrected chi connectivity index (χ1v) is 12.8. The smallest absolute Gasteiger partial charge is 0.790 e. The van der Waals surface area contributed by atoms with Gasteiger partial charge < -0.3 is 28.3 Å². The Bertz CT molecular complexity index is 1000. The SMILES string of the molecule is C#CC#CC#CC#CC#CC(=O)O[C@@H](COP(=O)([O-])[O-])OC(=O)CCCCCCCCCCCC.[Na+].[Na+]. The molecule has 0 unspecified atom stereocenters. The van der Waals surface area contributed by atoms with Gasteiger partial charge in [0, 0.05) is 12.3 Å². The Balaban J connectivity index is -0.00000578. The van der Waals surface area contributed by atoms with Gasteiger partial charge in [0.05, 0.1) is 7.82 Å². The Morgan fingerprint density at radius 1 is 0.784 bits per heavy atom. The van der Waals surface area contributed by atoms with Gasteiger partial charge in [0.15, 0.2) is 0 Å². The van der Waals surface area contributed by atoms with Crippen molar-refractivity contribution in [2.24, 2.45) is 0 Å². The molecule has 0 aliphatic carbocycles. The molecule has 0 saturated heterocycles. The molecular weight excluding hydrogens is 517 g/mol. The van der Waals surface area contributed by atoms with Gasteiger partial charge >= 0.3 is 71.1 Å². The third-order valence-corrected chi connectivity index (χ3v) is 4.68. The number of carbonyl (C=O) groups is 2. The van der Waals surface area contributed by atoms with Crippen LogP contribution in [0.15, 0.2) is 0 Å². The zero-order valence-electron chi connectivity index (χ0n) is 21.9. The van der Waals surface area contributed by atoms with E-state index < -0.39 is 32.7 Å². The summed E-state index contributed by atoms with van der Waals surface area (Å²) in [5, 5.41) is 0. The van der Waals surface area contributed by atoms with Gasteiger partial charge in [-0.1, -0.05) is 64.7 Å². The molecule has 0 radical (unpaired) electrons. The average molecular weight is 546 g/mol. The molecule has 0 heterocycles. The number of rotatable bonds is 16. The van der Waals surface area contributed by atoms with E-state index in [0.29, 0.717) is 6.42 Å². The quantitative estimate of drug-likeness (QED) is 0.0368. The number of phosphoric ester groups is 1. The van der Waals surface area contributed by atoms with E-state index in [1.807, 2.05) is 5.92 Å². The van der Waals surface area contributed by atoms with Crippen LogP contribution in [-0.4, -0.2) is 24.8 Å². The Labute approximate surface area is 264 Å². The molecular formula is C26H29Na2O8P. The van der Waals surface area contributed by atoms with Crippen LogP contribution >= 0.6 is 7.82 Å². The van der Waals surface area contributed by atoms with Crippen LogP contribution in [0.25, 0.3) is 0 Å². The Morgan fingerprint density at radius 3 is 1.78 bits per heavy atom. The summed E-state index contributed by atoms with van der Waals surface area (Å²) in [4.78, 5) is 45.2. The third kappa shape index (κ3) is 31.0. The van der Waals surface area contributed by atoms with E-state index in [1.165, 1.54) is 32.1 Å². The first-order valence-electron chi connectivity index (χ1n) is 11.3. The van der Waals surface area contributed by atoms with E-state index in [2.05, 4.69) is 58.8 Å². The Kier molecular flexibility index (Phi) is 30.4. The van der Waals surface area contributed by atoms with Crippen molar-refractivity contribution in [3.8, 4) is 59.7 Å². The average Bonchev–Trinajstić information content (AvgIpc) is 2.80. The van der Waals surface area contributed by atoms with Gasteiger partial charge in [-0.05, 0) is 53.8 Å². The van der Waals surface area contributed by atoms with Crippen molar-refractivity contribution < 1.29 is 97.1 Å². The number of hydrogen-bond donors (Lipinski definition) is 0. The van der Waals surface area contributed by atoms with Gasteiger partial charge in [-0.25, -0.2) is 4.79 Å². The van der Waals surface area contributed by atoms with Crippen LogP contribution in [0.3, 0.4) is 0 Å². The summed E-state index contributed by atoms with van der Waals surface area (Å²) in [6.07, 6.45) is 14.0. The number of ether oxygens (including phenoxy) is 2. The van der Waals surface area contributed by atoms with E-state index in [-0.39, 0.29) is 65.5 Å². The van der Waals surface area contributed by atoms with Gasteiger partial charge in [-0.3, -0.25) is 4.79 Å². The summed E-state index contributed by atoms with van der Waals surface area (Å²) < 4.78 is 24.4. The molecule has 0 aliphatic rings. The van der Waals surface area contributed by atoms with E-state index >= 15 is 0 Å². The normalized spacial score (nSPS) is 9.78. The van der Waals surface area contributed by atoms with Crippen molar-refractivity contribution in [3.05, 3.63) is 0 Å². The summed E-state index contributed by atoms with van der Waals surface area (Å²) in [6, 6.07) is 0. The molecule has 8 nitrogen and oxygen atoms in total. The first-order chi connectivity index (χ1) is 16.8. The van der Waals surface area contributed by atoms with E-state index in [9.17, 15) is 23.9 Å². The van der Waals surface area contributed by atoms with Crippen LogP contribution in [0, 0.1) is 59.7 Å². The summed E-state index contributed by atoms with van der Waals surface area (Å²) in [7, 11) is -5.37. The fourth-order valence-electron chi connectivity index (χ4n) is 2.63. The third-order valence-electron chi connectivity index (χ3n) is 4.22. The molecule has 0 saturated carbocycles.